The molecule has 108 valence electrons. The van der Waals surface area contributed by atoms with Crippen LogP contribution >= 0.6 is 11.8 Å². The van der Waals surface area contributed by atoms with Gasteiger partial charge in [-0.2, -0.15) is 5.26 Å². The second-order valence-electron chi connectivity index (χ2n) is 4.35. The van der Waals surface area contributed by atoms with Crippen LogP contribution in [0.1, 0.15) is 12.5 Å². The first kappa shape index (κ1) is 15.1. The quantitative estimate of drug-likeness (QED) is 0.675. The summed E-state index contributed by atoms with van der Waals surface area (Å²) in [5.74, 6) is 1.63. The monoisotopic (exact) mass is 299 g/mol. The van der Waals surface area contributed by atoms with Crippen molar-refractivity contribution in [3.8, 4) is 6.07 Å². The van der Waals surface area contributed by atoms with Crippen LogP contribution in [0.5, 0.6) is 0 Å². The molecule has 6 heteroatoms. The number of nitrogens with one attached hydrogen (secondary N) is 1. The van der Waals surface area contributed by atoms with Crippen molar-refractivity contribution < 1.29 is 0 Å². The van der Waals surface area contributed by atoms with E-state index in [4.69, 9.17) is 5.26 Å². The van der Waals surface area contributed by atoms with Crippen LogP contribution in [0.2, 0.25) is 0 Å². The molecule has 1 aromatic carbocycles. The topological polar surface area (TPSA) is 64.8 Å². The smallest absolute Gasteiger partial charge is 0.191 e. The van der Waals surface area contributed by atoms with Gasteiger partial charge in [0.1, 0.15) is 11.6 Å². The Bertz CT molecular complexity index is 648. The van der Waals surface area contributed by atoms with Crippen LogP contribution in [0.3, 0.4) is 0 Å². The summed E-state index contributed by atoms with van der Waals surface area (Å²) < 4.78 is 0. The fraction of sp³-hybridized carbons (Fsp3) is 0.267. The molecule has 0 aliphatic heterocycles. The number of anilines is 3. The van der Waals surface area contributed by atoms with E-state index in [9.17, 15) is 0 Å². The van der Waals surface area contributed by atoms with E-state index in [0.717, 1.165) is 29.0 Å². The zero-order valence-electron chi connectivity index (χ0n) is 12.3. The minimum absolute atomic E-state index is 0.646. The van der Waals surface area contributed by atoms with E-state index in [-0.39, 0.29) is 0 Å². The molecule has 1 aromatic heterocycles. The van der Waals surface area contributed by atoms with Crippen molar-refractivity contribution in [2.24, 2.45) is 0 Å². The Morgan fingerprint density at radius 3 is 2.57 bits per heavy atom. The van der Waals surface area contributed by atoms with Crippen LogP contribution < -0.4 is 10.2 Å². The first-order valence-corrected chi connectivity index (χ1v) is 7.81. The molecule has 1 heterocycles. The first-order chi connectivity index (χ1) is 10.2. The summed E-state index contributed by atoms with van der Waals surface area (Å²) in [5.41, 5.74) is 1.62. The molecule has 5 nitrogen and oxygen atoms in total. The molecule has 0 bridgehead atoms. The number of benzene rings is 1. The second kappa shape index (κ2) is 6.95. The van der Waals surface area contributed by atoms with Gasteiger partial charge >= 0.3 is 0 Å². The van der Waals surface area contributed by atoms with E-state index in [1.807, 2.05) is 43.3 Å². The maximum atomic E-state index is 8.85. The van der Waals surface area contributed by atoms with Gasteiger partial charge < -0.3 is 10.2 Å². The summed E-state index contributed by atoms with van der Waals surface area (Å²) in [6.07, 6.45) is 1.95. The average molecular weight is 299 g/mol. The van der Waals surface area contributed by atoms with Crippen LogP contribution in [0, 0.1) is 11.3 Å². The van der Waals surface area contributed by atoms with Gasteiger partial charge in [0, 0.05) is 25.3 Å². The lowest BCUT2D eigenvalue weighted by Crippen LogP contribution is -2.13. The fourth-order valence-corrected chi connectivity index (χ4v) is 2.21. The van der Waals surface area contributed by atoms with E-state index >= 15 is 0 Å². The SMILES string of the molecule is CCNc1cc(N(C)c2ccc(C#N)cc2)nc(SC)n1. The van der Waals surface area contributed by atoms with E-state index < -0.39 is 0 Å². The van der Waals surface area contributed by atoms with E-state index in [1.54, 1.807) is 12.1 Å². The maximum Gasteiger partial charge on any atom is 0.191 e. The summed E-state index contributed by atoms with van der Waals surface area (Å²) in [6, 6.07) is 11.5. The van der Waals surface area contributed by atoms with Gasteiger partial charge in [-0.3, -0.25) is 0 Å². The van der Waals surface area contributed by atoms with Crippen molar-refractivity contribution in [2.45, 2.75) is 12.1 Å². The highest BCUT2D eigenvalue weighted by atomic mass is 32.2. The molecule has 2 aromatic rings. The maximum absolute atomic E-state index is 8.85. The molecule has 0 aliphatic rings. The van der Waals surface area contributed by atoms with Crippen LogP contribution in [0.4, 0.5) is 17.3 Å². The lowest BCUT2D eigenvalue weighted by molar-refractivity contribution is 0.940. The third-order valence-corrected chi connectivity index (χ3v) is 3.51. The Hall–Kier alpha value is -2.26. The molecular weight excluding hydrogens is 282 g/mol. The molecule has 0 saturated heterocycles. The predicted octanol–water partition coefficient (Wildman–Crippen LogP) is 3.27. The molecule has 0 aliphatic carbocycles. The van der Waals surface area contributed by atoms with Gasteiger partial charge in [0.05, 0.1) is 11.6 Å². The van der Waals surface area contributed by atoms with Crippen LogP contribution in [0.15, 0.2) is 35.5 Å². The van der Waals surface area contributed by atoms with Gasteiger partial charge in [-0.15, -0.1) is 0 Å². The van der Waals surface area contributed by atoms with Gasteiger partial charge in [-0.1, -0.05) is 11.8 Å². The van der Waals surface area contributed by atoms with Crippen molar-refractivity contribution in [1.29, 1.82) is 5.26 Å². The molecule has 0 fully saturated rings. The fourth-order valence-electron chi connectivity index (χ4n) is 1.84. The van der Waals surface area contributed by atoms with Gasteiger partial charge in [-0.05, 0) is 37.4 Å². The zero-order valence-corrected chi connectivity index (χ0v) is 13.1. The number of thioether (sulfide) groups is 1. The van der Waals surface area contributed by atoms with Crippen molar-refractivity contribution >= 4 is 29.1 Å². The Kier molecular flexibility index (Phi) is 5.01. The zero-order chi connectivity index (χ0) is 15.2. The molecular formula is C15H17N5S. The summed E-state index contributed by atoms with van der Waals surface area (Å²) in [5, 5.41) is 12.8. The molecule has 0 unspecified atom stereocenters. The highest BCUT2D eigenvalue weighted by Crippen LogP contribution is 2.25. The van der Waals surface area contributed by atoms with E-state index in [0.29, 0.717) is 5.56 Å². The van der Waals surface area contributed by atoms with Crippen molar-refractivity contribution in [3.63, 3.8) is 0 Å². The first-order valence-electron chi connectivity index (χ1n) is 6.58. The van der Waals surface area contributed by atoms with Crippen LogP contribution in [-0.4, -0.2) is 29.8 Å². The highest BCUT2D eigenvalue weighted by Gasteiger charge is 2.09. The number of nitriles is 1. The van der Waals surface area contributed by atoms with Gasteiger partial charge in [0.2, 0.25) is 0 Å². The Morgan fingerprint density at radius 2 is 2.00 bits per heavy atom. The Morgan fingerprint density at radius 1 is 1.29 bits per heavy atom. The second-order valence-corrected chi connectivity index (χ2v) is 5.12. The molecule has 0 atom stereocenters. The normalized spacial score (nSPS) is 10.0. The average Bonchev–Trinajstić information content (AvgIpc) is 2.54. The van der Waals surface area contributed by atoms with Crippen molar-refractivity contribution in [2.75, 3.05) is 30.1 Å². The number of aromatic nitrogens is 2. The summed E-state index contributed by atoms with van der Waals surface area (Å²) >= 11 is 1.51. The largest absolute Gasteiger partial charge is 0.370 e. The molecule has 0 spiro atoms. The number of rotatable bonds is 5. The standard InChI is InChI=1S/C15H17N5S/c1-4-17-13-9-14(19-15(18-13)21-3)20(2)12-7-5-11(10-16)6-8-12/h5-9H,4H2,1-3H3,(H,17,18,19). The van der Waals surface area contributed by atoms with Gasteiger partial charge in [0.25, 0.3) is 0 Å². The third-order valence-electron chi connectivity index (χ3n) is 2.96. The highest BCUT2D eigenvalue weighted by molar-refractivity contribution is 7.98. The minimum Gasteiger partial charge on any atom is -0.370 e. The number of nitrogens with zero attached hydrogens (tertiary/aromatic N) is 4. The van der Waals surface area contributed by atoms with E-state index in [1.165, 1.54) is 11.8 Å². The summed E-state index contributed by atoms with van der Waals surface area (Å²) in [7, 11) is 1.95. The minimum atomic E-state index is 0.646. The van der Waals surface area contributed by atoms with Crippen molar-refractivity contribution in [1.82, 2.24) is 9.97 Å². The lowest BCUT2D eigenvalue weighted by Gasteiger charge is -2.19. The predicted molar refractivity (Wildman–Crippen MR) is 87.2 cm³/mol. The molecule has 0 amide bonds. The number of hydrogen-bond donors (Lipinski definition) is 1. The van der Waals surface area contributed by atoms with Gasteiger partial charge in [0.15, 0.2) is 5.16 Å². The molecule has 1 N–H and O–H groups in total. The Labute approximate surface area is 129 Å². The molecule has 2 rings (SSSR count). The van der Waals surface area contributed by atoms with Crippen LogP contribution in [-0.2, 0) is 0 Å². The lowest BCUT2D eigenvalue weighted by atomic mass is 10.2. The summed E-state index contributed by atoms with van der Waals surface area (Å²) in [4.78, 5) is 10.9. The van der Waals surface area contributed by atoms with Crippen LogP contribution in [0.25, 0.3) is 0 Å². The molecule has 0 radical (unpaired) electrons. The molecule has 21 heavy (non-hydrogen) atoms. The third kappa shape index (κ3) is 3.64. The summed E-state index contributed by atoms with van der Waals surface area (Å²) in [6.45, 7) is 2.84. The Balaban J connectivity index is 2.34. The van der Waals surface area contributed by atoms with E-state index in [2.05, 4.69) is 21.4 Å². The van der Waals surface area contributed by atoms with Crippen molar-refractivity contribution in [3.05, 3.63) is 35.9 Å². The number of hydrogen-bond acceptors (Lipinski definition) is 6. The van der Waals surface area contributed by atoms with Gasteiger partial charge in [-0.25, -0.2) is 9.97 Å². The molecule has 0 saturated carbocycles.